The van der Waals surface area contributed by atoms with Gasteiger partial charge in [0.1, 0.15) is 16.6 Å². The van der Waals surface area contributed by atoms with Crippen LogP contribution in [0.2, 0.25) is 0 Å². The number of anilines is 1. The van der Waals surface area contributed by atoms with Gasteiger partial charge in [-0.3, -0.25) is 4.52 Å². The van der Waals surface area contributed by atoms with Gasteiger partial charge in [-0.05, 0) is 55.7 Å². The number of alkyl halides is 1. The van der Waals surface area contributed by atoms with E-state index < -0.39 is 25.8 Å². The first-order chi connectivity index (χ1) is 23.8. The number of imidazole rings is 1. The molecule has 15 heteroatoms. The number of aromatic nitrogens is 2. The fraction of sp³-hybridized carbons (Fsp3) is 0.400. The molecule has 1 aromatic heterocycles. The molecule has 1 aliphatic carbocycles. The summed E-state index contributed by atoms with van der Waals surface area (Å²) in [7, 11) is -3.77. The van der Waals surface area contributed by atoms with Crippen LogP contribution in [-0.2, 0) is 36.5 Å². The number of rotatable bonds is 17. The van der Waals surface area contributed by atoms with Crippen molar-refractivity contribution in [3.63, 3.8) is 0 Å². The maximum Gasteiger partial charge on any atom is 0.404 e. The summed E-state index contributed by atoms with van der Waals surface area (Å²) in [6, 6.07) is 16.4. The van der Waals surface area contributed by atoms with Crippen molar-refractivity contribution in [1.29, 1.82) is 0 Å². The Balaban J connectivity index is 1.51. The Morgan fingerprint density at radius 1 is 1.10 bits per heavy atom. The average Bonchev–Trinajstić information content (AvgIpc) is 3.40. The van der Waals surface area contributed by atoms with Gasteiger partial charge in [0.25, 0.3) is 0 Å². The molecule has 3 N–H and O–H groups in total. The Morgan fingerprint density at radius 3 is 2.42 bits per heavy atom. The van der Waals surface area contributed by atoms with Gasteiger partial charge >= 0.3 is 19.7 Å². The number of carbonyl (C=O) groups is 2. The molecule has 0 saturated heterocycles. The number of carbonyl (C=O) groups excluding carboxylic acids is 2. The number of esters is 1. The van der Waals surface area contributed by atoms with Crippen molar-refractivity contribution < 1.29 is 32.7 Å². The lowest BCUT2D eigenvalue weighted by molar-refractivity contribution is -0.150. The summed E-state index contributed by atoms with van der Waals surface area (Å²) >= 11 is 14.6. The lowest BCUT2D eigenvalue weighted by Gasteiger charge is -2.22. The zero-order valence-electron chi connectivity index (χ0n) is 28.6. The summed E-state index contributed by atoms with van der Waals surface area (Å²) in [6.45, 7) is 9.98. The van der Waals surface area contributed by atoms with Crippen molar-refractivity contribution in [3.8, 4) is 5.75 Å². The van der Waals surface area contributed by atoms with E-state index in [1.807, 2.05) is 67.8 Å². The predicted molar refractivity (Wildman–Crippen MR) is 198 cm³/mol. The molecular weight excluding hydrogens is 722 g/mol. The number of hydrogen-bond donors (Lipinski definition) is 2. The number of nitrogens with two attached hydrogens (primary N) is 1. The fourth-order valence-electron chi connectivity index (χ4n) is 4.89. The third-order valence-corrected chi connectivity index (χ3v) is 11.5. The summed E-state index contributed by atoms with van der Waals surface area (Å²) in [4.78, 5) is 29.5. The van der Waals surface area contributed by atoms with E-state index in [0.29, 0.717) is 23.2 Å². The maximum atomic E-state index is 13.8. The second-order valence-corrected chi connectivity index (χ2v) is 15.9. The molecule has 50 heavy (non-hydrogen) atoms. The molecule has 1 aliphatic rings. The van der Waals surface area contributed by atoms with Crippen molar-refractivity contribution in [1.82, 2.24) is 9.55 Å². The van der Waals surface area contributed by atoms with E-state index in [-0.39, 0.29) is 43.1 Å². The van der Waals surface area contributed by atoms with E-state index in [4.69, 9.17) is 52.4 Å². The lowest BCUT2D eigenvalue weighted by Crippen LogP contribution is -2.24. The van der Waals surface area contributed by atoms with E-state index >= 15 is 0 Å². The van der Waals surface area contributed by atoms with Crippen molar-refractivity contribution in [2.75, 3.05) is 24.6 Å². The van der Waals surface area contributed by atoms with E-state index in [9.17, 15) is 14.2 Å². The summed E-state index contributed by atoms with van der Waals surface area (Å²) < 4.78 is 37.4. The van der Waals surface area contributed by atoms with Crippen molar-refractivity contribution in [2.45, 2.75) is 70.2 Å². The molecule has 11 nitrogen and oxygen atoms in total. The Kier molecular flexibility index (Phi) is 14.3. The highest BCUT2D eigenvalue weighted by molar-refractivity contribution is 8.03. The van der Waals surface area contributed by atoms with Gasteiger partial charge in [-0.1, -0.05) is 80.5 Å². The van der Waals surface area contributed by atoms with Crippen LogP contribution in [-0.4, -0.2) is 52.4 Å². The van der Waals surface area contributed by atoms with Gasteiger partial charge in [0.15, 0.2) is 12.7 Å². The number of benzene rings is 2. The molecule has 270 valence electrons. The van der Waals surface area contributed by atoms with Crippen LogP contribution >= 0.6 is 42.6 Å². The molecule has 4 rings (SSSR count). The highest BCUT2D eigenvalue weighted by atomic mass is 35.5. The number of nitrogens with one attached hydrogen (secondary N) is 1. The number of halogens is 2. The first kappa shape index (κ1) is 39.4. The van der Waals surface area contributed by atoms with Crippen LogP contribution in [0.15, 0.2) is 81.7 Å². The predicted octanol–water partition coefficient (Wildman–Crippen LogP) is 8.66. The molecule has 4 atom stereocenters. The molecule has 0 bridgehead atoms. The molecule has 0 saturated carbocycles. The van der Waals surface area contributed by atoms with Crippen LogP contribution in [0.4, 0.5) is 10.5 Å². The Labute approximate surface area is 307 Å². The van der Waals surface area contributed by atoms with Crippen LogP contribution in [0.5, 0.6) is 5.75 Å². The smallest absolute Gasteiger partial charge is 0.404 e. The minimum atomic E-state index is -3.77. The summed E-state index contributed by atoms with van der Waals surface area (Å²) in [5.74, 6) is 0.368. The second-order valence-electron chi connectivity index (χ2n) is 11.9. The number of allylic oxidation sites excluding steroid dienone is 3. The molecule has 2 aromatic carbocycles. The van der Waals surface area contributed by atoms with E-state index in [1.165, 1.54) is 18.7 Å². The van der Waals surface area contributed by atoms with Crippen molar-refractivity contribution >= 4 is 60.3 Å². The van der Waals surface area contributed by atoms with E-state index in [0.717, 1.165) is 26.9 Å². The summed E-state index contributed by atoms with van der Waals surface area (Å²) in [6.07, 6.45) is 1.92. The molecule has 1 heterocycles. The Hall–Kier alpha value is -3.41. The first-order valence-electron chi connectivity index (χ1n) is 16.2. The standard InChI is InChI=1S/C35H43Cl2N4O7PS/c1-6-45-34(42)24(5)47-49(44,48-27-10-8-7-9-11-27)17-16-39-26-14-12-25(13-15-26)20-41-31(21-46-35(38)43)40-32(22(2)3)33(41)50-28-18-29(36)23(4)30(37)19-28/h7-15,18-19,22-24,29,39H,6,16-17,20-21H2,1-5H3,(H2,38,43)/t23?,24-,29?,49?/m0/s1. The van der Waals surface area contributed by atoms with Crippen LogP contribution < -0.4 is 15.6 Å². The number of para-hydroxylation sites is 1. The number of primary amides is 1. The Morgan fingerprint density at radius 2 is 1.80 bits per heavy atom. The topological polar surface area (TPSA) is 144 Å². The molecule has 3 unspecified atom stereocenters. The second kappa shape index (κ2) is 18.2. The quantitative estimate of drug-likeness (QED) is 0.0779. The molecule has 0 fully saturated rings. The van der Waals surface area contributed by atoms with Gasteiger partial charge in [-0.15, -0.1) is 11.6 Å². The van der Waals surface area contributed by atoms with E-state index in [2.05, 4.69) is 5.32 Å². The normalized spacial score (nSPS) is 17.7. The number of thioether (sulfide) groups is 1. The molecular formula is C35H43Cl2N4O7PS. The van der Waals surface area contributed by atoms with Gasteiger partial charge in [0, 0.05) is 34.6 Å². The fourth-order valence-corrected chi connectivity index (χ4v) is 8.55. The van der Waals surface area contributed by atoms with Crippen molar-refractivity contribution in [2.24, 2.45) is 11.7 Å². The van der Waals surface area contributed by atoms with Gasteiger partial charge < -0.3 is 29.6 Å². The minimum Gasteiger partial charge on any atom is -0.464 e. The lowest BCUT2D eigenvalue weighted by atomic mass is 10.0. The van der Waals surface area contributed by atoms with Crippen LogP contribution in [0.3, 0.4) is 0 Å². The highest BCUT2D eigenvalue weighted by Crippen LogP contribution is 2.49. The van der Waals surface area contributed by atoms with Gasteiger partial charge in [-0.25, -0.2) is 19.1 Å². The van der Waals surface area contributed by atoms with Crippen LogP contribution in [0.1, 0.15) is 57.6 Å². The number of nitrogens with zero attached hydrogens (tertiary/aromatic N) is 2. The number of ether oxygens (including phenoxy) is 2. The zero-order valence-corrected chi connectivity index (χ0v) is 31.9. The van der Waals surface area contributed by atoms with E-state index in [1.54, 1.807) is 31.2 Å². The average molecular weight is 766 g/mol. The summed E-state index contributed by atoms with van der Waals surface area (Å²) in [5.41, 5.74) is 7.86. The Bertz CT molecular complexity index is 1730. The molecule has 1 amide bonds. The maximum absolute atomic E-state index is 13.8. The molecule has 0 radical (unpaired) electrons. The van der Waals surface area contributed by atoms with Gasteiger partial charge in [-0.2, -0.15) is 0 Å². The largest absolute Gasteiger partial charge is 0.464 e. The zero-order chi connectivity index (χ0) is 36.4. The highest BCUT2D eigenvalue weighted by Gasteiger charge is 2.32. The summed E-state index contributed by atoms with van der Waals surface area (Å²) in [5, 5.41) is 4.56. The van der Waals surface area contributed by atoms with Gasteiger partial charge in [0.05, 0.1) is 23.8 Å². The number of hydrogen-bond acceptors (Lipinski definition) is 10. The number of amides is 1. The van der Waals surface area contributed by atoms with Gasteiger partial charge in [0.2, 0.25) is 0 Å². The molecule has 0 aliphatic heterocycles. The monoisotopic (exact) mass is 764 g/mol. The molecule has 0 spiro atoms. The minimum absolute atomic E-state index is 0.00724. The molecule has 3 aromatic rings. The third kappa shape index (κ3) is 11.0. The SMILES string of the molecule is CCOC(=O)[C@H](C)OP(=O)(CCNc1ccc(Cn2c(COC(N)=O)nc(C(C)C)c2SC2=CC(Cl)C(C)C(Cl)=C2)cc1)Oc1ccccc1. The van der Waals surface area contributed by atoms with Crippen LogP contribution in [0.25, 0.3) is 0 Å². The third-order valence-electron chi connectivity index (χ3n) is 7.58. The van der Waals surface area contributed by atoms with Crippen LogP contribution in [0, 0.1) is 5.92 Å². The first-order valence-corrected chi connectivity index (χ1v) is 19.6. The van der Waals surface area contributed by atoms with Crippen molar-refractivity contribution in [3.05, 3.63) is 93.8 Å².